The minimum absolute atomic E-state index is 0.241. The summed E-state index contributed by atoms with van der Waals surface area (Å²) in [6.45, 7) is 6.18. The van der Waals surface area contributed by atoms with E-state index >= 15 is 0 Å². The van der Waals surface area contributed by atoms with Gasteiger partial charge in [0.15, 0.2) is 0 Å². The molecule has 0 aromatic rings. The van der Waals surface area contributed by atoms with Gasteiger partial charge in [0.05, 0.1) is 6.61 Å². The van der Waals surface area contributed by atoms with Crippen LogP contribution < -0.4 is 5.73 Å². The highest BCUT2D eigenvalue weighted by molar-refractivity contribution is 7.47. The zero-order chi connectivity index (χ0) is 14.0. The van der Waals surface area contributed by atoms with Crippen LogP contribution in [0.15, 0.2) is 0 Å². The molecule has 0 aromatic carbocycles. The molecule has 110 valence electrons. The molecular formula is C12H28NO4P. The van der Waals surface area contributed by atoms with Crippen LogP contribution in [-0.2, 0) is 13.6 Å². The molecule has 6 heteroatoms. The fourth-order valence-electron chi connectivity index (χ4n) is 1.61. The maximum absolute atomic E-state index is 11.3. The van der Waals surface area contributed by atoms with E-state index in [1.54, 1.807) is 0 Å². The first-order chi connectivity index (χ1) is 8.33. The molecule has 0 rings (SSSR count). The van der Waals surface area contributed by atoms with Crippen LogP contribution in [0.5, 0.6) is 0 Å². The van der Waals surface area contributed by atoms with E-state index in [-0.39, 0.29) is 6.61 Å². The van der Waals surface area contributed by atoms with Gasteiger partial charge in [-0.25, -0.2) is 4.57 Å². The van der Waals surface area contributed by atoms with Crippen LogP contribution in [0, 0.1) is 5.92 Å². The van der Waals surface area contributed by atoms with Crippen molar-refractivity contribution in [2.45, 2.75) is 65.5 Å². The second-order valence-corrected chi connectivity index (χ2v) is 6.47. The molecule has 0 bridgehead atoms. The summed E-state index contributed by atoms with van der Waals surface area (Å²) >= 11 is 0. The molecule has 0 radical (unpaired) electrons. The Labute approximate surface area is 111 Å². The zero-order valence-electron chi connectivity index (χ0n) is 11.8. The fraction of sp³-hybridized carbons (Fsp3) is 1.00. The molecule has 2 atom stereocenters. The Kier molecular flexibility index (Phi) is 9.97. The van der Waals surface area contributed by atoms with Crippen molar-refractivity contribution in [3.05, 3.63) is 0 Å². The highest BCUT2D eigenvalue weighted by Gasteiger charge is 2.22. The smallest absolute Gasteiger partial charge is 0.306 e. The molecule has 3 N–H and O–H groups in total. The zero-order valence-corrected chi connectivity index (χ0v) is 12.7. The van der Waals surface area contributed by atoms with Crippen molar-refractivity contribution in [3.63, 3.8) is 0 Å². The summed E-state index contributed by atoms with van der Waals surface area (Å²) in [6.07, 6.45) is 5.86. The summed E-state index contributed by atoms with van der Waals surface area (Å²) < 4.78 is 20.6. The van der Waals surface area contributed by atoms with E-state index in [1.165, 1.54) is 26.2 Å². The first-order valence-corrected chi connectivity index (χ1v) is 8.24. The first kappa shape index (κ1) is 18.1. The molecule has 0 aromatic heterocycles. The summed E-state index contributed by atoms with van der Waals surface area (Å²) in [7, 11) is -3.95. The molecule has 0 heterocycles. The lowest BCUT2D eigenvalue weighted by molar-refractivity contribution is 0.114. The van der Waals surface area contributed by atoms with E-state index in [0.717, 1.165) is 25.2 Å². The third kappa shape index (κ3) is 12.5. The molecule has 0 fully saturated rings. The van der Waals surface area contributed by atoms with Gasteiger partial charge in [0.1, 0.15) is 6.23 Å². The van der Waals surface area contributed by atoms with Gasteiger partial charge in [0.2, 0.25) is 0 Å². The van der Waals surface area contributed by atoms with E-state index in [4.69, 9.17) is 10.3 Å². The molecule has 0 aliphatic carbocycles. The lowest BCUT2D eigenvalue weighted by Crippen LogP contribution is -2.18. The van der Waals surface area contributed by atoms with E-state index in [2.05, 4.69) is 18.4 Å². The summed E-state index contributed by atoms with van der Waals surface area (Å²) in [5, 5.41) is 0. The van der Waals surface area contributed by atoms with Crippen molar-refractivity contribution in [2.75, 3.05) is 6.61 Å². The molecular weight excluding hydrogens is 253 g/mol. The Morgan fingerprint density at radius 2 is 1.67 bits per heavy atom. The fourth-order valence-corrected chi connectivity index (χ4v) is 2.45. The van der Waals surface area contributed by atoms with Crippen LogP contribution in [0.3, 0.4) is 0 Å². The Morgan fingerprint density at radius 3 is 2.22 bits per heavy atom. The third-order valence-corrected chi connectivity index (χ3v) is 3.59. The van der Waals surface area contributed by atoms with Crippen LogP contribution in [0.2, 0.25) is 0 Å². The largest absolute Gasteiger partial charge is 0.473 e. The van der Waals surface area contributed by atoms with E-state index in [0.29, 0.717) is 0 Å². The van der Waals surface area contributed by atoms with Gasteiger partial charge in [0, 0.05) is 0 Å². The summed E-state index contributed by atoms with van der Waals surface area (Å²) in [5.74, 6) is 0.768. The van der Waals surface area contributed by atoms with Crippen molar-refractivity contribution >= 4 is 7.82 Å². The van der Waals surface area contributed by atoms with E-state index in [1.807, 2.05) is 0 Å². The number of hydrogen-bond donors (Lipinski definition) is 2. The van der Waals surface area contributed by atoms with Crippen molar-refractivity contribution < 1.29 is 18.5 Å². The number of unbranched alkanes of at least 4 members (excludes halogenated alkanes) is 4. The Hall–Kier alpha value is 0.0700. The normalized spacial score (nSPS) is 16.8. The summed E-state index contributed by atoms with van der Waals surface area (Å²) in [4.78, 5) is 9.22. The van der Waals surface area contributed by atoms with Crippen LogP contribution in [0.25, 0.3) is 0 Å². The van der Waals surface area contributed by atoms with Gasteiger partial charge in [-0.05, 0) is 19.3 Å². The van der Waals surface area contributed by atoms with Crippen molar-refractivity contribution in [1.82, 2.24) is 0 Å². The Bertz CT molecular complexity index is 246. The topological polar surface area (TPSA) is 81.8 Å². The molecule has 0 aliphatic rings. The number of phosphoric acid groups is 1. The highest BCUT2D eigenvalue weighted by atomic mass is 31.2. The summed E-state index contributed by atoms with van der Waals surface area (Å²) in [5.41, 5.74) is 5.25. The average Bonchev–Trinajstić information content (AvgIpc) is 2.19. The maximum atomic E-state index is 11.3. The van der Waals surface area contributed by atoms with Gasteiger partial charge in [-0.2, -0.15) is 0 Å². The van der Waals surface area contributed by atoms with Crippen LogP contribution >= 0.6 is 7.82 Å². The Morgan fingerprint density at radius 1 is 1.11 bits per heavy atom. The van der Waals surface area contributed by atoms with Crippen LogP contribution in [-0.4, -0.2) is 17.7 Å². The molecule has 0 saturated carbocycles. The van der Waals surface area contributed by atoms with Crippen molar-refractivity contribution in [2.24, 2.45) is 11.7 Å². The SMILES string of the molecule is CC(C)CCCCCCCOP(=O)(O)OC(C)N. The second-order valence-electron chi connectivity index (χ2n) is 5.06. The van der Waals surface area contributed by atoms with Gasteiger partial charge in [-0.3, -0.25) is 9.05 Å². The minimum atomic E-state index is -3.95. The molecule has 18 heavy (non-hydrogen) atoms. The third-order valence-electron chi connectivity index (χ3n) is 2.48. The van der Waals surface area contributed by atoms with Gasteiger partial charge in [-0.15, -0.1) is 0 Å². The predicted octanol–water partition coefficient (Wildman–Crippen LogP) is 3.42. The van der Waals surface area contributed by atoms with E-state index < -0.39 is 14.1 Å². The molecule has 2 unspecified atom stereocenters. The number of phosphoric ester groups is 1. The highest BCUT2D eigenvalue weighted by Crippen LogP contribution is 2.43. The number of nitrogens with two attached hydrogens (primary N) is 1. The van der Waals surface area contributed by atoms with Gasteiger partial charge in [0.25, 0.3) is 0 Å². The Balaban J connectivity index is 3.37. The quantitative estimate of drug-likeness (QED) is 0.344. The van der Waals surface area contributed by atoms with Crippen LogP contribution in [0.1, 0.15) is 59.3 Å². The molecule has 0 amide bonds. The van der Waals surface area contributed by atoms with Crippen molar-refractivity contribution in [1.29, 1.82) is 0 Å². The standard InChI is InChI=1S/C12H28NO4P/c1-11(2)9-7-5-4-6-8-10-16-18(14,15)17-12(3)13/h11-12H,4-10,13H2,1-3H3,(H,14,15). The number of hydrogen-bond acceptors (Lipinski definition) is 4. The number of rotatable bonds is 11. The second kappa shape index (κ2) is 9.93. The molecule has 0 saturated heterocycles. The summed E-state index contributed by atoms with van der Waals surface area (Å²) in [6, 6.07) is 0. The lowest BCUT2D eigenvalue weighted by atomic mass is 10.0. The van der Waals surface area contributed by atoms with Crippen molar-refractivity contribution in [3.8, 4) is 0 Å². The van der Waals surface area contributed by atoms with Crippen LogP contribution in [0.4, 0.5) is 0 Å². The molecule has 5 nitrogen and oxygen atoms in total. The molecule has 0 spiro atoms. The van der Waals surface area contributed by atoms with E-state index in [9.17, 15) is 9.46 Å². The monoisotopic (exact) mass is 281 g/mol. The minimum Gasteiger partial charge on any atom is -0.306 e. The first-order valence-electron chi connectivity index (χ1n) is 6.75. The van der Waals surface area contributed by atoms with Gasteiger partial charge < -0.3 is 10.6 Å². The lowest BCUT2D eigenvalue weighted by Gasteiger charge is -2.14. The average molecular weight is 281 g/mol. The predicted molar refractivity (Wildman–Crippen MR) is 73.1 cm³/mol. The van der Waals surface area contributed by atoms with Gasteiger partial charge in [-0.1, -0.05) is 46.0 Å². The molecule has 0 aliphatic heterocycles. The maximum Gasteiger partial charge on any atom is 0.473 e. The van der Waals surface area contributed by atoms with Gasteiger partial charge >= 0.3 is 7.82 Å².